The highest BCUT2D eigenvalue weighted by atomic mass is 16.4. The number of fused-ring (bicyclic) bond motifs is 1. The van der Waals surface area contributed by atoms with E-state index in [0.717, 1.165) is 34.4 Å². The Balaban J connectivity index is 0.000000218. The number of rotatable bonds is 5. The van der Waals surface area contributed by atoms with E-state index in [0.29, 0.717) is 12.2 Å². The van der Waals surface area contributed by atoms with Crippen molar-refractivity contribution in [3.05, 3.63) is 87.9 Å². The summed E-state index contributed by atoms with van der Waals surface area (Å²) in [5.74, 6) is -0.947. The molecule has 33 heavy (non-hydrogen) atoms. The van der Waals surface area contributed by atoms with Crippen LogP contribution in [0.2, 0.25) is 0 Å². The molecule has 0 saturated heterocycles. The van der Waals surface area contributed by atoms with Crippen LogP contribution in [0.15, 0.2) is 48.7 Å². The van der Waals surface area contributed by atoms with E-state index < -0.39 is 5.97 Å². The molecule has 0 fully saturated rings. The van der Waals surface area contributed by atoms with E-state index in [-0.39, 0.29) is 5.56 Å². The van der Waals surface area contributed by atoms with Crippen molar-refractivity contribution < 1.29 is 9.90 Å². The van der Waals surface area contributed by atoms with Gasteiger partial charge < -0.3 is 16.2 Å². The van der Waals surface area contributed by atoms with Gasteiger partial charge in [-0.15, -0.1) is 0 Å². The Morgan fingerprint density at radius 2 is 1.76 bits per heavy atom. The van der Waals surface area contributed by atoms with Crippen molar-refractivity contribution in [3.63, 3.8) is 0 Å². The first-order chi connectivity index (χ1) is 15.7. The molecule has 0 unspecified atom stereocenters. The monoisotopic (exact) mass is 445 g/mol. The number of hydrogen-bond donors (Lipinski definition) is 3. The number of nitrogens with zero attached hydrogens (tertiary/aromatic N) is 3. The summed E-state index contributed by atoms with van der Waals surface area (Å²) in [6, 6.07) is 14.1. The number of nitrogens with one attached hydrogen (secondary N) is 1. The highest BCUT2D eigenvalue weighted by Crippen LogP contribution is 2.18. The molecule has 0 spiro atoms. The van der Waals surface area contributed by atoms with Crippen LogP contribution in [-0.4, -0.2) is 32.9 Å². The lowest BCUT2D eigenvalue weighted by Gasteiger charge is -2.09. The molecule has 4 aromatic rings. The molecule has 0 aliphatic rings. The van der Waals surface area contributed by atoms with Gasteiger partial charge in [-0.2, -0.15) is 5.10 Å². The number of nitrogens with two attached hydrogens (primary N) is 1. The van der Waals surface area contributed by atoms with E-state index >= 15 is 0 Å². The normalized spacial score (nSPS) is 10.7. The van der Waals surface area contributed by atoms with Gasteiger partial charge in [0.1, 0.15) is 5.56 Å². The van der Waals surface area contributed by atoms with E-state index in [2.05, 4.69) is 35.3 Å². The van der Waals surface area contributed by atoms with Crippen LogP contribution in [0, 0.1) is 27.7 Å². The zero-order valence-electron chi connectivity index (χ0n) is 19.8. The molecule has 0 aliphatic heterocycles. The molecular formula is C26H31N5O2. The van der Waals surface area contributed by atoms with Crippen LogP contribution in [0.1, 0.15) is 44.0 Å². The van der Waals surface area contributed by atoms with Crippen molar-refractivity contribution in [1.82, 2.24) is 20.1 Å². The molecule has 0 radical (unpaired) electrons. The Labute approximate surface area is 194 Å². The topological polar surface area (TPSA) is 106 Å². The van der Waals surface area contributed by atoms with Crippen molar-refractivity contribution >= 4 is 22.6 Å². The number of aromatic nitrogens is 3. The SMILES string of the molecule is CNCc1c(C)cc(N)cc1C.Cc1ccc2cc(Cn3ncc(C(=O)O)c3C)ccc2n1. The maximum absolute atomic E-state index is 11.0. The molecule has 0 aliphatic carbocycles. The molecule has 0 atom stereocenters. The van der Waals surface area contributed by atoms with E-state index in [1.807, 2.05) is 50.4 Å². The number of carboxylic acids is 1. The fourth-order valence-corrected chi connectivity index (χ4v) is 3.85. The van der Waals surface area contributed by atoms with E-state index in [1.165, 1.54) is 22.9 Å². The fourth-order valence-electron chi connectivity index (χ4n) is 3.85. The van der Waals surface area contributed by atoms with Gasteiger partial charge in [0.2, 0.25) is 0 Å². The van der Waals surface area contributed by atoms with E-state index in [4.69, 9.17) is 10.8 Å². The standard InChI is InChI=1S/C16H15N3O2.C10H16N2/c1-10-3-5-13-7-12(4-6-15(13)18-10)9-19-11(2)14(8-17-19)16(20)21;1-7-4-9(11)5-8(2)10(7)6-12-3/h3-8H,9H2,1-2H3,(H,20,21);4-5,12H,6,11H2,1-3H3. The van der Waals surface area contributed by atoms with Gasteiger partial charge in [0.25, 0.3) is 0 Å². The molecule has 0 saturated carbocycles. The lowest BCUT2D eigenvalue weighted by Crippen LogP contribution is -2.08. The summed E-state index contributed by atoms with van der Waals surface area (Å²) < 4.78 is 1.70. The Hall–Kier alpha value is -3.71. The number of aryl methyl sites for hydroxylation is 3. The Kier molecular flexibility index (Phi) is 7.45. The highest BCUT2D eigenvalue weighted by molar-refractivity contribution is 5.88. The molecule has 4 N–H and O–H groups in total. The summed E-state index contributed by atoms with van der Waals surface area (Å²) in [6.45, 7) is 9.38. The zero-order valence-corrected chi connectivity index (χ0v) is 19.8. The van der Waals surface area contributed by atoms with Crippen LogP contribution < -0.4 is 11.1 Å². The number of anilines is 1. The van der Waals surface area contributed by atoms with Gasteiger partial charge >= 0.3 is 5.97 Å². The number of carboxylic acid groups (broad SMARTS) is 1. The summed E-state index contributed by atoms with van der Waals surface area (Å²) in [4.78, 5) is 15.5. The second-order valence-corrected chi connectivity index (χ2v) is 8.25. The second-order valence-electron chi connectivity index (χ2n) is 8.25. The smallest absolute Gasteiger partial charge is 0.339 e. The van der Waals surface area contributed by atoms with Gasteiger partial charge in [0, 0.05) is 23.3 Å². The van der Waals surface area contributed by atoms with Gasteiger partial charge in [-0.3, -0.25) is 9.67 Å². The van der Waals surface area contributed by atoms with E-state index in [9.17, 15) is 4.79 Å². The van der Waals surface area contributed by atoms with Crippen LogP contribution in [-0.2, 0) is 13.1 Å². The average Bonchev–Trinajstić information content (AvgIpc) is 3.11. The Morgan fingerprint density at radius 1 is 1.06 bits per heavy atom. The van der Waals surface area contributed by atoms with Gasteiger partial charge in [0.15, 0.2) is 0 Å². The fraction of sp³-hybridized carbons (Fsp3) is 0.269. The first-order valence-electron chi connectivity index (χ1n) is 10.8. The molecule has 172 valence electrons. The lowest BCUT2D eigenvalue weighted by atomic mass is 10.0. The number of pyridine rings is 1. The Morgan fingerprint density at radius 3 is 2.36 bits per heavy atom. The minimum absolute atomic E-state index is 0.244. The third-order valence-electron chi connectivity index (χ3n) is 5.63. The molecule has 2 aromatic carbocycles. The second kappa shape index (κ2) is 10.3. The first-order valence-corrected chi connectivity index (χ1v) is 10.8. The van der Waals surface area contributed by atoms with Crippen LogP contribution in [0.3, 0.4) is 0 Å². The van der Waals surface area contributed by atoms with Crippen molar-refractivity contribution in [3.8, 4) is 0 Å². The van der Waals surface area contributed by atoms with Crippen molar-refractivity contribution in [2.45, 2.75) is 40.8 Å². The average molecular weight is 446 g/mol. The summed E-state index contributed by atoms with van der Waals surface area (Å²) in [5.41, 5.74) is 14.4. The maximum Gasteiger partial charge on any atom is 0.339 e. The van der Waals surface area contributed by atoms with Gasteiger partial charge in [-0.25, -0.2) is 4.79 Å². The van der Waals surface area contributed by atoms with Crippen LogP contribution in [0.25, 0.3) is 10.9 Å². The lowest BCUT2D eigenvalue weighted by molar-refractivity contribution is 0.0696. The first kappa shape index (κ1) is 23.9. The molecule has 2 heterocycles. The predicted octanol–water partition coefficient (Wildman–Crippen LogP) is 4.40. The molecule has 4 rings (SSSR count). The van der Waals surface area contributed by atoms with Gasteiger partial charge in [-0.05, 0) is 87.3 Å². The Bertz CT molecular complexity index is 1270. The van der Waals surface area contributed by atoms with Crippen LogP contribution in [0.5, 0.6) is 0 Å². The maximum atomic E-state index is 11.0. The largest absolute Gasteiger partial charge is 0.478 e. The molecule has 0 amide bonds. The van der Waals surface area contributed by atoms with E-state index in [1.54, 1.807) is 11.6 Å². The molecule has 0 bridgehead atoms. The zero-order chi connectivity index (χ0) is 24.1. The minimum atomic E-state index is -0.947. The number of nitrogen functional groups attached to an aromatic ring is 1. The summed E-state index contributed by atoms with van der Waals surface area (Å²) in [5, 5.41) is 17.4. The molecule has 7 nitrogen and oxygen atoms in total. The number of benzene rings is 2. The highest BCUT2D eigenvalue weighted by Gasteiger charge is 2.13. The molecular weight excluding hydrogens is 414 g/mol. The number of carbonyl (C=O) groups is 1. The predicted molar refractivity (Wildman–Crippen MR) is 133 cm³/mol. The minimum Gasteiger partial charge on any atom is -0.478 e. The van der Waals surface area contributed by atoms with Crippen LogP contribution in [0.4, 0.5) is 5.69 Å². The van der Waals surface area contributed by atoms with Crippen molar-refractivity contribution in [2.24, 2.45) is 0 Å². The molecule has 2 aromatic heterocycles. The van der Waals surface area contributed by atoms with Crippen LogP contribution >= 0.6 is 0 Å². The quantitative estimate of drug-likeness (QED) is 0.393. The van der Waals surface area contributed by atoms with Gasteiger partial charge in [-0.1, -0.05) is 12.1 Å². The summed E-state index contributed by atoms with van der Waals surface area (Å²) >= 11 is 0. The third kappa shape index (κ3) is 5.75. The summed E-state index contributed by atoms with van der Waals surface area (Å²) in [6.07, 6.45) is 1.39. The van der Waals surface area contributed by atoms with Crippen molar-refractivity contribution in [2.75, 3.05) is 12.8 Å². The third-order valence-corrected chi connectivity index (χ3v) is 5.63. The molecule has 7 heteroatoms. The van der Waals surface area contributed by atoms with Gasteiger partial charge in [0.05, 0.1) is 24.0 Å². The number of hydrogen-bond acceptors (Lipinski definition) is 5. The number of aromatic carboxylic acids is 1. The summed E-state index contributed by atoms with van der Waals surface area (Å²) in [7, 11) is 1.95. The van der Waals surface area contributed by atoms with Crippen molar-refractivity contribution in [1.29, 1.82) is 0 Å².